The van der Waals surface area contributed by atoms with Crippen LogP contribution < -0.4 is 0 Å². The van der Waals surface area contributed by atoms with E-state index in [1.54, 1.807) is 7.11 Å². The monoisotopic (exact) mass is 437 g/mol. The van der Waals surface area contributed by atoms with Gasteiger partial charge in [-0.1, -0.05) is 23.7 Å². The Hall–Kier alpha value is -1.35. The largest absolute Gasteiger partial charge is 0.490 e. The van der Waals surface area contributed by atoms with Gasteiger partial charge in [-0.15, -0.1) is 0 Å². The Bertz CT molecular complexity index is 644. The van der Waals surface area contributed by atoms with Gasteiger partial charge in [-0.05, 0) is 55.5 Å². The zero-order valence-electron chi connectivity index (χ0n) is 16.4. The first-order valence-corrected chi connectivity index (χ1v) is 9.88. The van der Waals surface area contributed by atoms with Crippen LogP contribution in [0.2, 0.25) is 5.02 Å². The van der Waals surface area contributed by atoms with Crippen molar-refractivity contribution in [1.29, 1.82) is 0 Å². The van der Waals surface area contributed by atoms with Gasteiger partial charge in [-0.3, -0.25) is 4.90 Å². The van der Waals surface area contributed by atoms with Gasteiger partial charge in [0.25, 0.3) is 0 Å². The molecule has 2 saturated heterocycles. The molecule has 2 fully saturated rings. The molecule has 1 atom stereocenters. The van der Waals surface area contributed by atoms with Crippen LogP contribution in [-0.2, 0) is 20.8 Å². The highest BCUT2D eigenvalue weighted by Gasteiger charge is 2.43. The molecular weight excluding hydrogens is 411 g/mol. The Kier molecular flexibility index (Phi) is 8.75. The van der Waals surface area contributed by atoms with Crippen molar-refractivity contribution in [1.82, 2.24) is 4.90 Å². The van der Waals surface area contributed by atoms with Crippen LogP contribution in [0.1, 0.15) is 24.8 Å². The molecule has 1 N–H and O–H groups in total. The third-order valence-corrected chi connectivity index (χ3v) is 5.96. The Morgan fingerprint density at radius 1 is 1.28 bits per heavy atom. The lowest BCUT2D eigenvalue weighted by atomic mass is 9.66. The second-order valence-corrected chi connectivity index (χ2v) is 7.98. The van der Waals surface area contributed by atoms with Gasteiger partial charge in [-0.2, -0.15) is 13.2 Å². The lowest BCUT2D eigenvalue weighted by Crippen LogP contribution is -2.49. The maximum absolute atomic E-state index is 10.6. The predicted molar refractivity (Wildman–Crippen MR) is 103 cm³/mol. The van der Waals surface area contributed by atoms with Crippen molar-refractivity contribution >= 4 is 17.6 Å². The molecule has 5 nitrogen and oxygen atoms in total. The fourth-order valence-corrected chi connectivity index (χ4v) is 4.10. The van der Waals surface area contributed by atoms with Gasteiger partial charge in [0.15, 0.2) is 0 Å². The first-order chi connectivity index (χ1) is 13.7. The number of ether oxygens (including phenoxy) is 2. The molecule has 2 aliphatic heterocycles. The number of carboxylic acid groups (broad SMARTS) is 1. The van der Waals surface area contributed by atoms with Gasteiger partial charge in [0.2, 0.25) is 0 Å². The number of carbonyl (C=O) groups is 1. The van der Waals surface area contributed by atoms with E-state index in [9.17, 15) is 13.2 Å². The molecule has 164 valence electrons. The predicted octanol–water partition coefficient (Wildman–Crippen LogP) is 4.24. The second kappa shape index (κ2) is 10.6. The number of rotatable bonds is 4. The van der Waals surface area contributed by atoms with Gasteiger partial charge in [-0.25, -0.2) is 4.79 Å². The van der Waals surface area contributed by atoms with Crippen LogP contribution in [0.15, 0.2) is 24.3 Å². The SMILES string of the molecule is COCC1COCCC12CCN(Cc1ccc(Cl)cc1)CC2.O=C(O)C(F)(F)F. The number of piperidine rings is 1. The molecule has 1 aromatic carbocycles. The van der Waals surface area contributed by atoms with E-state index in [0.29, 0.717) is 11.3 Å². The summed E-state index contributed by atoms with van der Waals surface area (Å²) in [6, 6.07) is 8.23. The molecular formula is C20H27ClF3NO4. The fraction of sp³-hybridized carbons (Fsp3) is 0.650. The molecule has 9 heteroatoms. The summed E-state index contributed by atoms with van der Waals surface area (Å²) in [6.45, 7) is 5.98. The molecule has 29 heavy (non-hydrogen) atoms. The number of halogens is 4. The zero-order chi connectivity index (χ0) is 21.5. The van der Waals surface area contributed by atoms with Gasteiger partial charge in [0.1, 0.15) is 0 Å². The number of alkyl halides is 3. The van der Waals surface area contributed by atoms with Crippen LogP contribution >= 0.6 is 11.6 Å². The number of aliphatic carboxylic acids is 1. The van der Waals surface area contributed by atoms with Crippen LogP contribution in [0.25, 0.3) is 0 Å². The van der Waals surface area contributed by atoms with Gasteiger partial charge in [0, 0.05) is 31.2 Å². The summed E-state index contributed by atoms with van der Waals surface area (Å²) in [5, 5.41) is 7.94. The van der Waals surface area contributed by atoms with Crippen molar-refractivity contribution in [2.75, 3.05) is 40.0 Å². The molecule has 0 saturated carbocycles. The van der Waals surface area contributed by atoms with E-state index >= 15 is 0 Å². The van der Waals surface area contributed by atoms with Crippen LogP contribution in [-0.4, -0.2) is 62.2 Å². The molecule has 2 heterocycles. The molecule has 1 spiro atoms. The second-order valence-electron chi connectivity index (χ2n) is 7.55. The highest BCUT2D eigenvalue weighted by atomic mass is 35.5. The maximum atomic E-state index is 10.6. The molecule has 1 unspecified atom stereocenters. The quantitative estimate of drug-likeness (QED) is 0.763. The highest BCUT2D eigenvalue weighted by Crippen LogP contribution is 2.44. The first-order valence-electron chi connectivity index (χ1n) is 9.50. The molecule has 1 aromatic rings. The number of hydrogen-bond donors (Lipinski definition) is 1. The number of methoxy groups -OCH3 is 1. The van der Waals surface area contributed by atoms with E-state index < -0.39 is 12.1 Å². The third kappa shape index (κ3) is 7.13. The van der Waals surface area contributed by atoms with Crippen LogP contribution in [0.5, 0.6) is 0 Å². The summed E-state index contributed by atoms with van der Waals surface area (Å²) in [4.78, 5) is 11.5. The van der Waals surface area contributed by atoms with Crippen molar-refractivity contribution in [3.05, 3.63) is 34.9 Å². The van der Waals surface area contributed by atoms with E-state index in [1.165, 1.54) is 37.9 Å². The van der Waals surface area contributed by atoms with Crippen molar-refractivity contribution in [3.63, 3.8) is 0 Å². The van der Waals surface area contributed by atoms with E-state index in [0.717, 1.165) is 31.4 Å². The molecule has 0 aliphatic carbocycles. The van der Waals surface area contributed by atoms with Gasteiger partial charge >= 0.3 is 12.1 Å². The molecule has 0 radical (unpaired) electrons. The Labute approximate surface area is 173 Å². The van der Waals surface area contributed by atoms with Crippen LogP contribution in [0.3, 0.4) is 0 Å². The summed E-state index contributed by atoms with van der Waals surface area (Å²) >= 11 is 5.96. The third-order valence-electron chi connectivity index (χ3n) is 5.71. The Morgan fingerprint density at radius 3 is 2.38 bits per heavy atom. The molecule has 0 amide bonds. The van der Waals surface area contributed by atoms with Crippen molar-refractivity contribution < 1.29 is 32.5 Å². The first kappa shape index (κ1) is 23.9. The smallest absolute Gasteiger partial charge is 0.475 e. The molecule has 0 aromatic heterocycles. The lowest BCUT2D eigenvalue weighted by molar-refractivity contribution is -0.192. The number of benzene rings is 1. The lowest BCUT2D eigenvalue weighted by Gasteiger charge is -2.49. The molecule has 0 bridgehead atoms. The van der Waals surface area contributed by atoms with Gasteiger partial charge < -0.3 is 14.6 Å². The average molecular weight is 438 g/mol. The fourth-order valence-electron chi connectivity index (χ4n) is 3.97. The average Bonchev–Trinajstić information content (AvgIpc) is 2.67. The number of likely N-dealkylation sites (tertiary alicyclic amines) is 1. The van der Waals surface area contributed by atoms with Crippen molar-refractivity contribution in [2.24, 2.45) is 11.3 Å². The number of carboxylic acids is 1. The standard InChI is InChI=1S/C18H26ClNO2.C2HF3O2/c1-21-13-16-14-22-11-8-18(16)6-9-20(10-7-18)12-15-2-4-17(19)5-3-15;3-2(4,5)1(6)7/h2-5,16H,6-14H2,1H3;(H,6,7). The zero-order valence-corrected chi connectivity index (χ0v) is 17.1. The summed E-state index contributed by atoms with van der Waals surface area (Å²) in [6.07, 6.45) is -1.37. The minimum atomic E-state index is -5.08. The Morgan fingerprint density at radius 2 is 1.86 bits per heavy atom. The van der Waals surface area contributed by atoms with E-state index in [-0.39, 0.29) is 0 Å². The van der Waals surface area contributed by atoms with Crippen LogP contribution in [0.4, 0.5) is 13.2 Å². The van der Waals surface area contributed by atoms with Gasteiger partial charge in [0.05, 0.1) is 13.2 Å². The van der Waals surface area contributed by atoms with E-state index in [2.05, 4.69) is 17.0 Å². The number of hydrogen-bond acceptors (Lipinski definition) is 4. The minimum absolute atomic E-state index is 0.435. The highest BCUT2D eigenvalue weighted by molar-refractivity contribution is 6.30. The molecule has 2 aliphatic rings. The summed E-state index contributed by atoms with van der Waals surface area (Å²) in [5.74, 6) is -2.20. The maximum Gasteiger partial charge on any atom is 0.490 e. The Balaban J connectivity index is 0.000000370. The summed E-state index contributed by atoms with van der Waals surface area (Å²) < 4.78 is 42.9. The minimum Gasteiger partial charge on any atom is -0.475 e. The summed E-state index contributed by atoms with van der Waals surface area (Å²) in [5.41, 5.74) is 1.78. The topological polar surface area (TPSA) is 59.0 Å². The summed E-state index contributed by atoms with van der Waals surface area (Å²) in [7, 11) is 1.80. The van der Waals surface area contributed by atoms with E-state index in [4.69, 9.17) is 31.0 Å². The molecule has 3 rings (SSSR count). The van der Waals surface area contributed by atoms with E-state index in [1.807, 2.05) is 12.1 Å². The van der Waals surface area contributed by atoms with Crippen molar-refractivity contribution in [3.8, 4) is 0 Å². The normalized spacial score (nSPS) is 22.0. The van der Waals surface area contributed by atoms with Crippen molar-refractivity contribution in [2.45, 2.75) is 32.0 Å². The number of nitrogens with zero attached hydrogens (tertiary/aromatic N) is 1. The van der Waals surface area contributed by atoms with Crippen LogP contribution in [0, 0.1) is 11.3 Å².